The maximum Gasteiger partial charge on any atom is 0.433 e. The van der Waals surface area contributed by atoms with Gasteiger partial charge in [-0.2, -0.15) is 13.2 Å². The molecule has 13 heavy (non-hydrogen) atoms. The number of pyridine rings is 1. The second-order valence-corrected chi connectivity index (χ2v) is 2.16. The van der Waals surface area contributed by atoms with Crippen molar-refractivity contribution in [3.63, 3.8) is 0 Å². The maximum absolute atomic E-state index is 11.9. The SMILES string of the molecule is O=[N+]([O-])c1ccc(C(F)(F)F)nc1. The molecular formula is C6H3F3N2O2. The van der Waals surface area contributed by atoms with Crippen molar-refractivity contribution in [1.82, 2.24) is 4.98 Å². The number of nitro groups is 1. The summed E-state index contributed by atoms with van der Waals surface area (Å²) in [6.07, 6.45) is -3.99. The molecule has 0 N–H and O–H groups in total. The molecule has 0 bridgehead atoms. The highest BCUT2D eigenvalue weighted by Crippen LogP contribution is 2.27. The first kappa shape index (κ1) is 9.43. The third kappa shape index (κ3) is 2.14. The Morgan fingerprint density at radius 1 is 1.38 bits per heavy atom. The fourth-order valence-electron chi connectivity index (χ4n) is 0.662. The van der Waals surface area contributed by atoms with Crippen LogP contribution in [0.2, 0.25) is 0 Å². The number of aromatic nitrogens is 1. The van der Waals surface area contributed by atoms with Crippen LogP contribution in [-0.2, 0) is 6.18 Å². The lowest BCUT2D eigenvalue weighted by Crippen LogP contribution is -2.07. The lowest BCUT2D eigenvalue weighted by molar-refractivity contribution is -0.385. The standard InChI is InChI=1S/C6H3F3N2O2/c7-6(8,9)5-2-1-4(3-10-5)11(12)13/h1-3H. The molecule has 1 aromatic heterocycles. The zero-order valence-electron chi connectivity index (χ0n) is 6.08. The fraction of sp³-hybridized carbons (Fsp3) is 0.167. The first-order valence-corrected chi connectivity index (χ1v) is 3.09. The molecule has 0 radical (unpaired) electrons. The Morgan fingerprint density at radius 3 is 2.31 bits per heavy atom. The molecule has 4 nitrogen and oxygen atoms in total. The molecule has 0 aliphatic rings. The van der Waals surface area contributed by atoms with Gasteiger partial charge in [0.15, 0.2) is 0 Å². The van der Waals surface area contributed by atoms with Crippen molar-refractivity contribution in [1.29, 1.82) is 0 Å². The molecule has 0 unspecified atom stereocenters. The number of alkyl halides is 3. The molecule has 1 rings (SSSR count). The molecular weight excluding hydrogens is 189 g/mol. The highest BCUT2D eigenvalue weighted by atomic mass is 19.4. The smallest absolute Gasteiger partial charge is 0.258 e. The first-order chi connectivity index (χ1) is 5.91. The van der Waals surface area contributed by atoms with Gasteiger partial charge in [-0.25, -0.2) is 4.98 Å². The second kappa shape index (κ2) is 3.00. The van der Waals surface area contributed by atoms with Crippen molar-refractivity contribution < 1.29 is 18.1 Å². The third-order valence-corrected chi connectivity index (χ3v) is 1.25. The van der Waals surface area contributed by atoms with Crippen LogP contribution < -0.4 is 0 Å². The van der Waals surface area contributed by atoms with E-state index in [1.807, 2.05) is 0 Å². The van der Waals surface area contributed by atoms with Gasteiger partial charge in [0.25, 0.3) is 5.69 Å². The normalized spacial score (nSPS) is 11.3. The van der Waals surface area contributed by atoms with E-state index < -0.39 is 22.5 Å². The predicted molar refractivity (Wildman–Crippen MR) is 35.9 cm³/mol. The zero-order chi connectivity index (χ0) is 10.1. The molecule has 0 amide bonds. The molecule has 0 spiro atoms. The van der Waals surface area contributed by atoms with Crippen LogP contribution in [0.1, 0.15) is 5.69 Å². The molecule has 7 heteroatoms. The van der Waals surface area contributed by atoms with Gasteiger partial charge < -0.3 is 0 Å². The van der Waals surface area contributed by atoms with Gasteiger partial charge in [-0.1, -0.05) is 0 Å². The van der Waals surface area contributed by atoms with Gasteiger partial charge in [-0.05, 0) is 6.07 Å². The van der Waals surface area contributed by atoms with Gasteiger partial charge in [0.2, 0.25) is 0 Å². The Bertz CT molecular complexity index is 320. The summed E-state index contributed by atoms with van der Waals surface area (Å²) in [5.41, 5.74) is -1.61. The van der Waals surface area contributed by atoms with E-state index in [-0.39, 0.29) is 0 Å². The van der Waals surface area contributed by atoms with Crippen molar-refractivity contribution in [3.8, 4) is 0 Å². The summed E-state index contributed by atoms with van der Waals surface area (Å²) in [5.74, 6) is 0. The molecule has 0 aromatic carbocycles. The Balaban J connectivity index is 3.01. The predicted octanol–water partition coefficient (Wildman–Crippen LogP) is 2.01. The Hall–Kier alpha value is -1.66. The quantitative estimate of drug-likeness (QED) is 0.505. The summed E-state index contributed by atoms with van der Waals surface area (Å²) in [5, 5.41) is 10.0. The highest BCUT2D eigenvalue weighted by Gasteiger charge is 2.32. The molecule has 0 aliphatic heterocycles. The maximum atomic E-state index is 11.9. The van der Waals surface area contributed by atoms with Gasteiger partial charge in [-0.3, -0.25) is 10.1 Å². The summed E-state index contributed by atoms with van der Waals surface area (Å²) in [7, 11) is 0. The monoisotopic (exact) mass is 192 g/mol. The molecule has 0 saturated carbocycles. The van der Waals surface area contributed by atoms with Gasteiger partial charge in [0.05, 0.1) is 4.92 Å². The van der Waals surface area contributed by atoms with Crippen molar-refractivity contribution in [2.75, 3.05) is 0 Å². The average Bonchev–Trinajstić information content (AvgIpc) is 2.03. The molecule has 1 heterocycles. The van der Waals surface area contributed by atoms with E-state index in [1.54, 1.807) is 0 Å². The summed E-state index contributed by atoms with van der Waals surface area (Å²) in [6, 6.07) is 1.33. The Morgan fingerprint density at radius 2 is 2.00 bits per heavy atom. The van der Waals surface area contributed by atoms with Gasteiger partial charge >= 0.3 is 6.18 Å². The number of nitrogens with zero attached hydrogens (tertiary/aromatic N) is 2. The molecule has 0 atom stereocenters. The lowest BCUT2D eigenvalue weighted by atomic mass is 10.3. The summed E-state index contributed by atoms with van der Waals surface area (Å²) in [6.45, 7) is 0. The zero-order valence-corrected chi connectivity index (χ0v) is 6.08. The van der Waals surface area contributed by atoms with Crippen LogP contribution in [0.25, 0.3) is 0 Å². The second-order valence-electron chi connectivity index (χ2n) is 2.16. The number of hydrogen-bond acceptors (Lipinski definition) is 3. The summed E-state index contributed by atoms with van der Waals surface area (Å²) >= 11 is 0. The van der Waals surface area contributed by atoms with Gasteiger partial charge in [0, 0.05) is 6.07 Å². The summed E-state index contributed by atoms with van der Waals surface area (Å²) in [4.78, 5) is 12.1. The van der Waals surface area contributed by atoms with E-state index in [0.717, 1.165) is 6.07 Å². The van der Waals surface area contributed by atoms with Gasteiger partial charge in [-0.15, -0.1) is 0 Å². The first-order valence-electron chi connectivity index (χ1n) is 3.09. The van der Waals surface area contributed by atoms with E-state index >= 15 is 0 Å². The van der Waals surface area contributed by atoms with Crippen molar-refractivity contribution in [3.05, 3.63) is 34.1 Å². The molecule has 0 saturated heterocycles. The Labute approximate surface area is 70.2 Å². The van der Waals surface area contributed by atoms with E-state index in [2.05, 4.69) is 4.98 Å². The third-order valence-electron chi connectivity index (χ3n) is 1.25. The van der Waals surface area contributed by atoms with E-state index in [1.165, 1.54) is 0 Å². The van der Waals surface area contributed by atoms with Crippen molar-refractivity contribution >= 4 is 5.69 Å². The average molecular weight is 192 g/mol. The minimum Gasteiger partial charge on any atom is -0.258 e. The molecule has 0 aliphatic carbocycles. The minimum absolute atomic E-state index is 0.465. The topological polar surface area (TPSA) is 56.0 Å². The van der Waals surface area contributed by atoms with Crippen LogP contribution in [0.5, 0.6) is 0 Å². The van der Waals surface area contributed by atoms with Crippen LogP contribution in [0.4, 0.5) is 18.9 Å². The largest absolute Gasteiger partial charge is 0.433 e. The summed E-state index contributed by atoms with van der Waals surface area (Å²) < 4.78 is 35.7. The van der Waals surface area contributed by atoms with E-state index in [4.69, 9.17) is 0 Å². The van der Waals surface area contributed by atoms with E-state index in [9.17, 15) is 23.3 Å². The van der Waals surface area contributed by atoms with Crippen molar-refractivity contribution in [2.45, 2.75) is 6.18 Å². The lowest BCUT2D eigenvalue weighted by Gasteiger charge is -2.03. The molecule has 0 fully saturated rings. The number of halogens is 3. The van der Waals surface area contributed by atoms with Gasteiger partial charge in [0.1, 0.15) is 11.9 Å². The van der Waals surface area contributed by atoms with Crippen LogP contribution in [0.3, 0.4) is 0 Å². The van der Waals surface area contributed by atoms with Crippen LogP contribution in [-0.4, -0.2) is 9.91 Å². The fourth-order valence-corrected chi connectivity index (χ4v) is 0.662. The van der Waals surface area contributed by atoms with Crippen molar-refractivity contribution in [2.24, 2.45) is 0 Å². The molecule has 1 aromatic rings. The van der Waals surface area contributed by atoms with Crippen LogP contribution in [0.15, 0.2) is 18.3 Å². The van der Waals surface area contributed by atoms with Crippen LogP contribution in [0, 0.1) is 10.1 Å². The van der Waals surface area contributed by atoms with E-state index in [0.29, 0.717) is 12.3 Å². The highest BCUT2D eigenvalue weighted by molar-refractivity contribution is 5.27. The minimum atomic E-state index is -4.56. The molecule has 70 valence electrons. The Kier molecular flexibility index (Phi) is 2.18. The number of rotatable bonds is 1. The number of hydrogen-bond donors (Lipinski definition) is 0. The van der Waals surface area contributed by atoms with Crippen LogP contribution >= 0.6 is 0 Å².